The minimum Gasteiger partial charge on any atom is -0.368 e. The fraction of sp³-hybridized carbons (Fsp3) is 0.379. The van der Waals surface area contributed by atoms with Crippen molar-refractivity contribution in [2.24, 2.45) is 0 Å². The Balaban J connectivity index is 1.55. The summed E-state index contributed by atoms with van der Waals surface area (Å²) in [6.45, 7) is 5.72. The Labute approximate surface area is 207 Å². The molecule has 1 aliphatic rings. The molecule has 180 valence electrons. The molecule has 5 atom stereocenters. The zero-order valence-corrected chi connectivity index (χ0v) is 20.7. The van der Waals surface area contributed by atoms with Crippen LogP contribution in [0, 0.1) is 0 Å². The number of hydrogen-bond acceptors (Lipinski definition) is 5. The lowest BCUT2D eigenvalue weighted by atomic mass is 9.99. The van der Waals surface area contributed by atoms with Crippen molar-refractivity contribution in [2.75, 3.05) is 5.75 Å². The van der Waals surface area contributed by atoms with E-state index in [2.05, 4.69) is 50.2 Å². The van der Waals surface area contributed by atoms with Crippen molar-refractivity contribution in [1.29, 1.82) is 0 Å². The third-order valence-electron chi connectivity index (χ3n) is 5.91. The molecule has 0 radical (unpaired) electrons. The number of hydrogen-bond donors (Lipinski definition) is 0. The Morgan fingerprint density at radius 1 is 0.618 bits per heavy atom. The van der Waals surface area contributed by atoms with Crippen LogP contribution < -0.4 is 0 Å². The van der Waals surface area contributed by atoms with Gasteiger partial charge in [-0.05, 0) is 29.4 Å². The Morgan fingerprint density at radius 2 is 1.03 bits per heavy atom. The lowest BCUT2D eigenvalue weighted by Gasteiger charge is -2.45. The van der Waals surface area contributed by atoms with Crippen LogP contribution in [0.1, 0.15) is 30.5 Å². The lowest BCUT2D eigenvalue weighted by molar-refractivity contribution is -0.242. The molecule has 1 saturated heterocycles. The monoisotopic (exact) mass is 478 g/mol. The Kier molecular flexibility index (Phi) is 9.60. The van der Waals surface area contributed by atoms with Crippen LogP contribution in [-0.4, -0.2) is 35.6 Å². The summed E-state index contributed by atoms with van der Waals surface area (Å²) in [6.07, 6.45) is -0.894. The third kappa shape index (κ3) is 6.94. The fourth-order valence-electron chi connectivity index (χ4n) is 4.17. The van der Waals surface area contributed by atoms with Crippen molar-refractivity contribution in [2.45, 2.75) is 63.5 Å². The standard InChI is InChI=1S/C29H34O4S/c1-3-34-29-28(32-21-25-17-11-6-12-18-25)27(31-20-24-15-9-5-10-16-24)26(22(2)33-29)30-19-23-13-7-4-8-14-23/h4-18,22,26-29H,3,19-21H2,1-2H3/t22-,26-,27?,28-,29?/m0/s1. The van der Waals surface area contributed by atoms with Crippen LogP contribution in [0.15, 0.2) is 91.0 Å². The minimum absolute atomic E-state index is 0.120. The van der Waals surface area contributed by atoms with Crippen molar-refractivity contribution < 1.29 is 18.9 Å². The minimum atomic E-state index is -0.263. The van der Waals surface area contributed by atoms with Gasteiger partial charge < -0.3 is 18.9 Å². The van der Waals surface area contributed by atoms with Crippen LogP contribution in [0.4, 0.5) is 0 Å². The first-order chi connectivity index (χ1) is 16.7. The average molecular weight is 479 g/mol. The average Bonchev–Trinajstić information content (AvgIpc) is 2.88. The van der Waals surface area contributed by atoms with Gasteiger partial charge in [-0.2, -0.15) is 0 Å². The van der Waals surface area contributed by atoms with Crippen LogP contribution in [0.2, 0.25) is 0 Å². The summed E-state index contributed by atoms with van der Waals surface area (Å²) >= 11 is 1.76. The molecule has 3 aromatic carbocycles. The molecule has 5 heteroatoms. The zero-order chi connectivity index (χ0) is 23.6. The molecule has 0 N–H and O–H groups in total. The molecule has 0 aliphatic carbocycles. The van der Waals surface area contributed by atoms with Gasteiger partial charge in [0.05, 0.1) is 25.9 Å². The summed E-state index contributed by atoms with van der Waals surface area (Å²) in [7, 11) is 0. The smallest absolute Gasteiger partial charge is 0.132 e. The molecule has 1 aliphatic heterocycles. The van der Waals surface area contributed by atoms with Gasteiger partial charge in [-0.3, -0.25) is 0 Å². The molecule has 4 rings (SSSR count). The van der Waals surface area contributed by atoms with E-state index in [1.165, 1.54) is 0 Å². The van der Waals surface area contributed by atoms with Crippen LogP contribution in [0.3, 0.4) is 0 Å². The van der Waals surface area contributed by atoms with Gasteiger partial charge in [0, 0.05) is 0 Å². The van der Waals surface area contributed by atoms with Crippen LogP contribution in [0.5, 0.6) is 0 Å². The molecule has 0 aromatic heterocycles. The first-order valence-electron chi connectivity index (χ1n) is 12.0. The predicted octanol–water partition coefficient (Wildman–Crippen LogP) is 6.24. The Bertz CT molecular complexity index is 954. The van der Waals surface area contributed by atoms with Crippen LogP contribution in [0.25, 0.3) is 0 Å². The van der Waals surface area contributed by atoms with Crippen LogP contribution >= 0.6 is 11.8 Å². The highest BCUT2D eigenvalue weighted by Gasteiger charge is 2.46. The molecular weight excluding hydrogens is 444 g/mol. The van der Waals surface area contributed by atoms with Gasteiger partial charge in [-0.15, -0.1) is 11.8 Å². The normalized spacial score (nSPS) is 24.7. The number of rotatable bonds is 11. The highest BCUT2D eigenvalue weighted by Crippen LogP contribution is 2.34. The van der Waals surface area contributed by atoms with Gasteiger partial charge in [0.25, 0.3) is 0 Å². The molecular formula is C29H34O4S. The van der Waals surface area contributed by atoms with Gasteiger partial charge in [0.15, 0.2) is 0 Å². The third-order valence-corrected chi connectivity index (χ3v) is 6.96. The predicted molar refractivity (Wildman–Crippen MR) is 138 cm³/mol. The van der Waals surface area contributed by atoms with E-state index >= 15 is 0 Å². The molecule has 34 heavy (non-hydrogen) atoms. The molecule has 4 nitrogen and oxygen atoms in total. The first kappa shape index (κ1) is 25.0. The Morgan fingerprint density at radius 3 is 1.47 bits per heavy atom. The maximum Gasteiger partial charge on any atom is 0.132 e. The topological polar surface area (TPSA) is 36.9 Å². The van der Waals surface area contributed by atoms with E-state index in [-0.39, 0.29) is 29.9 Å². The molecule has 0 saturated carbocycles. The van der Waals surface area contributed by atoms with Gasteiger partial charge in [-0.25, -0.2) is 0 Å². The summed E-state index contributed by atoms with van der Waals surface area (Å²) in [5, 5.41) is 0. The van der Waals surface area contributed by atoms with Gasteiger partial charge in [-0.1, -0.05) is 97.9 Å². The van der Waals surface area contributed by atoms with Crippen molar-refractivity contribution in [3.63, 3.8) is 0 Å². The quantitative estimate of drug-likeness (QED) is 0.326. The zero-order valence-electron chi connectivity index (χ0n) is 19.9. The molecule has 2 unspecified atom stereocenters. The maximum absolute atomic E-state index is 6.57. The van der Waals surface area contributed by atoms with Gasteiger partial charge in [0.1, 0.15) is 23.7 Å². The van der Waals surface area contributed by atoms with Crippen molar-refractivity contribution in [3.05, 3.63) is 108 Å². The summed E-state index contributed by atoms with van der Waals surface area (Å²) < 4.78 is 26.0. The number of thioether (sulfide) groups is 1. The highest BCUT2D eigenvalue weighted by atomic mass is 32.2. The Hall–Kier alpha value is -2.15. The highest BCUT2D eigenvalue weighted by molar-refractivity contribution is 7.99. The van der Waals surface area contributed by atoms with E-state index in [0.29, 0.717) is 19.8 Å². The SMILES string of the molecule is CCSC1O[C@@H](C)[C@H](OCc2ccccc2)C(OCc2ccccc2)[C@@H]1OCc1ccccc1. The van der Waals surface area contributed by atoms with Crippen molar-refractivity contribution in [3.8, 4) is 0 Å². The van der Waals surface area contributed by atoms with Crippen molar-refractivity contribution >= 4 is 11.8 Å². The maximum atomic E-state index is 6.57. The fourth-order valence-corrected chi connectivity index (χ4v) is 5.17. The van der Waals surface area contributed by atoms with Crippen LogP contribution in [-0.2, 0) is 38.8 Å². The molecule has 3 aromatic rings. The molecule has 1 heterocycles. The number of ether oxygens (including phenoxy) is 4. The van der Waals surface area contributed by atoms with Gasteiger partial charge >= 0.3 is 0 Å². The number of benzene rings is 3. The van der Waals surface area contributed by atoms with E-state index < -0.39 is 0 Å². The molecule has 0 spiro atoms. The van der Waals surface area contributed by atoms with E-state index in [9.17, 15) is 0 Å². The summed E-state index contributed by atoms with van der Waals surface area (Å²) in [5.41, 5.74) is 3.26. The van der Waals surface area contributed by atoms with Gasteiger partial charge in [0.2, 0.25) is 0 Å². The van der Waals surface area contributed by atoms with E-state index in [4.69, 9.17) is 18.9 Å². The molecule has 0 bridgehead atoms. The second-order valence-electron chi connectivity index (χ2n) is 8.45. The van der Waals surface area contributed by atoms with E-state index in [0.717, 1.165) is 22.4 Å². The first-order valence-corrected chi connectivity index (χ1v) is 13.0. The lowest BCUT2D eigenvalue weighted by Crippen LogP contribution is -2.58. The summed E-state index contributed by atoms with van der Waals surface area (Å²) in [5.74, 6) is 0.934. The second kappa shape index (κ2) is 13.1. The largest absolute Gasteiger partial charge is 0.368 e. The molecule has 1 fully saturated rings. The van der Waals surface area contributed by atoms with E-state index in [1.807, 2.05) is 54.6 Å². The van der Waals surface area contributed by atoms with Crippen molar-refractivity contribution in [1.82, 2.24) is 0 Å². The molecule has 0 amide bonds. The van der Waals surface area contributed by atoms with E-state index in [1.54, 1.807) is 11.8 Å². The second-order valence-corrected chi connectivity index (χ2v) is 9.82. The summed E-state index contributed by atoms with van der Waals surface area (Å²) in [4.78, 5) is 0. The summed E-state index contributed by atoms with van der Waals surface area (Å²) in [6, 6.07) is 30.7.